The first-order chi connectivity index (χ1) is 7.83. The number of hydrogen-bond donors (Lipinski definition) is 1. The molecule has 0 bridgehead atoms. The molecule has 1 aromatic heterocycles. The van der Waals surface area contributed by atoms with Crippen LogP contribution >= 0.6 is 0 Å². The summed E-state index contributed by atoms with van der Waals surface area (Å²) in [5, 5.41) is 8.72. The van der Waals surface area contributed by atoms with Gasteiger partial charge in [0.2, 0.25) is 0 Å². The van der Waals surface area contributed by atoms with Crippen molar-refractivity contribution < 1.29 is 0 Å². The average Bonchev–Trinajstić information content (AvgIpc) is 2.31. The predicted octanol–water partition coefficient (Wildman–Crippen LogP) is 2.11. The van der Waals surface area contributed by atoms with Gasteiger partial charge in [-0.2, -0.15) is 5.26 Å². The summed E-state index contributed by atoms with van der Waals surface area (Å²) >= 11 is 0. The average molecular weight is 210 g/mol. The van der Waals surface area contributed by atoms with Crippen LogP contribution in [0.4, 0.5) is 0 Å². The molecule has 0 radical (unpaired) electrons. The lowest BCUT2D eigenvalue weighted by Crippen LogP contribution is -2.10. The lowest BCUT2D eigenvalue weighted by atomic mass is 10.0. The molecular formula is C13H10N2O. The summed E-state index contributed by atoms with van der Waals surface area (Å²) in [6.45, 7) is 0. The van der Waals surface area contributed by atoms with Crippen molar-refractivity contribution in [1.82, 2.24) is 4.98 Å². The number of aromatic nitrogens is 1. The Morgan fingerprint density at radius 3 is 2.62 bits per heavy atom. The minimum absolute atomic E-state index is 0.154. The molecule has 3 nitrogen and oxygen atoms in total. The van der Waals surface area contributed by atoms with Crippen LogP contribution in [0.5, 0.6) is 0 Å². The van der Waals surface area contributed by atoms with Gasteiger partial charge in [0.15, 0.2) is 0 Å². The third-order valence-corrected chi connectivity index (χ3v) is 2.38. The molecular weight excluding hydrogens is 200 g/mol. The normalized spacial score (nSPS) is 9.69. The van der Waals surface area contributed by atoms with Crippen LogP contribution in [0.25, 0.3) is 11.1 Å². The fraction of sp³-hybridized carbons (Fsp3) is 0.0769. The molecule has 78 valence electrons. The molecule has 2 aromatic rings. The van der Waals surface area contributed by atoms with Gasteiger partial charge in [-0.1, -0.05) is 30.3 Å². The second-order valence-corrected chi connectivity index (χ2v) is 3.41. The molecule has 0 spiro atoms. The van der Waals surface area contributed by atoms with Gasteiger partial charge in [-0.05, 0) is 17.2 Å². The van der Waals surface area contributed by atoms with Crippen LogP contribution in [0.3, 0.4) is 0 Å². The molecule has 1 N–H and O–H groups in total. The molecule has 3 heteroatoms. The molecule has 16 heavy (non-hydrogen) atoms. The van der Waals surface area contributed by atoms with Crippen LogP contribution in [0.2, 0.25) is 0 Å². The van der Waals surface area contributed by atoms with Gasteiger partial charge >= 0.3 is 0 Å². The van der Waals surface area contributed by atoms with E-state index in [1.54, 1.807) is 12.3 Å². The van der Waals surface area contributed by atoms with Gasteiger partial charge in [0.05, 0.1) is 18.1 Å². The van der Waals surface area contributed by atoms with Crippen LogP contribution < -0.4 is 5.56 Å². The summed E-state index contributed by atoms with van der Waals surface area (Å²) < 4.78 is 0. The summed E-state index contributed by atoms with van der Waals surface area (Å²) in [4.78, 5) is 14.4. The summed E-state index contributed by atoms with van der Waals surface area (Å²) in [6.07, 6.45) is 1.82. The van der Waals surface area contributed by atoms with Crippen molar-refractivity contribution in [3.8, 4) is 17.2 Å². The lowest BCUT2D eigenvalue weighted by molar-refractivity contribution is 1.17. The van der Waals surface area contributed by atoms with Crippen molar-refractivity contribution in [2.45, 2.75) is 6.42 Å². The third kappa shape index (κ3) is 1.86. The highest BCUT2D eigenvalue weighted by molar-refractivity contribution is 5.66. The zero-order valence-electron chi connectivity index (χ0n) is 8.60. The van der Waals surface area contributed by atoms with Crippen LogP contribution in [0.15, 0.2) is 47.4 Å². The van der Waals surface area contributed by atoms with Crippen molar-refractivity contribution in [3.63, 3.8) is 0 Å². The number of H-pyrrole nitrogens is 1. The summed E-state index contributed by atoms with van der Waals surface area (Å²) in [5.74, 6) is 0. The van der Waals surface area contributed by atoms with Crippen LogP contribution in [-0.2, 0) is 6.42 Å². The van der Waals surface area contributed by atoms with Gasteiger partial charge < -0.3 is 4.98 Å². The molecule has 0 aliphatic rings. The van der Waals surface area contributed by atoms with E-state index in [0.29, 0.717) is 5.56 Å². The van der Waals surface area contributed by atoms with Crippen LogP contribution in [0, 0.1) is 11.3 Å². The number of nitrogens with one attached hydrogen (secondary N) is 1. The van der Waals surface area contributed by atoms with E-state index in [1.807, 2.05) is 30.3 Å². The number of rotatable bonds is 2. The van der Waals surface area contributed by atoms with E-state index in [2.05, 4.69) is 11.1 Å². The Hall–Kier alpha value is -2.34. The second-order valence-electron chi connectivity index (χ2n) is 3.41. The van der Waals surface area contributed by atoms with Crippen molar-refractivity contribution >= 4 is 0 Å². The zero-order chi connectivity index (χ0) is 11.4. The van der Waals surface area contributed by atoms with E-state index in [1.165, 1.54) is 0 Å². The Morgan fingerprint density at radius 2 is 1.94 bits per heavy atom. The van der Waals surface area contributed by atoms with Gasteiger partial charge in [-0.25, -0.2) is 0 Å². The Morgan fingerprint density at radius 1 is 1.19 bits per heavy atom. The maximum atomic E-state index is 11.8. The van der Waals surface area contributed by atoms with Gasteiger partial charge in [0.25, 0.3) is 5.56 Å². The molecule has 0 aliphatic heterocycles. The van der Waals surface area contributed by atoms with Gasteiger partial charge in [0.1, 0.15) is 0 Å². The lowest BCUT2D eigenvalue weighted by Gasteiger charge is -2.04. The first kappa shape index (κ1) is 10.2. The smallest absolute Gasteiger partial charge is 0.256 e. The first-order valence-corrected chi connectivity index (χ1v) is 4.96. The molecule has 0 saturated heterocycles. The van der Waals surface area contributed by atoms with Gasteiger partial charge in [-0.15, -0.1) is 0 Å². The minimum Gasteiger partial charge on any atom is -0.329 e. The summed E-state index contributed by atoms with van der Waals surface area (Å²) in [6, 6.07) is 13.2. The Kier molecular flexibility index (Phi) is 2.84. The molecule has 0 saturated carbocycles. The predicted molar refractivity (Wildman–Crippen MR) is 61.8 cm³/mol. The minimum atomic E-state index is -0.154. The van der Waals surface area contributed by atoms with Crippen molar-refractivity contribution in [1.29, 1.82) is 5.26 Å². The Balaban J connectivity index is 2.64. The van der Waals surface area contributed by atoms with Gasteiger partial charge in [0, 0.05) is 6.20 Å². The monoisotopic (exact) mass is 210 g/mol. The molecule has 0 atom stereocenters. The summed E-state index contributed by atoms with van der Waals surface area (Å²) in [5.41, 5.74) is 2.04. The zero-order valence-corrected chi connectivity index (χ0v) is 8.60. The molecule has 1 heterocycles. The van der Waals surface area contributed by atoms with E-state index in [4.69, 9.17) is 5.26 Å². The molecule has 0 aliphatic carbocycles. The van der Waals surface area contributed by atoms with E-state index in [0.717, 1.165) is 11.1 Å². The topological polar surface area (TPSA) is 56.6 Å². The largest absolute Gasteiger partial charge is 0.329 e. The number of aromatic amines is 1. The number of pyridine rings is 1. The number of hydrogen-bond acceptors (Lipinski definition) is 2. The second kappa shape index (κ2) is 4.45. The van der Waals surface area contributed by atoms with E-state index in [9.17, 15) is 4.79 Å². The first-order valence-electron chi connectivity index (χ1n) is 4.96. The number of benzene rings is 1. The van der Waals surface area contributed by atoms with E-state index >= 15 is 0 Å². The fourth-order valence-corrected chi connectivity index (χ4v) is 1.67. The highest BCUT2D eigenvalue weighted by atomic mass is 16.1. The van der Waals surface area contributed by atoms with Crippen LogP contribution in [-0.4, -0.2) is 4.98 Å². The third-order valence-electron chi connectivity index (χ3n) is 2.38. The SMILES string of the molecule is N#CCc1cc[nH]c(=O)c1-c1ccccc1. The van der Waals surface area contributed by atoms with E-state index in [-0.39, 0.29) is 12.0 Å². The maximum absolute atomic E-state index is 11.8. The standard InChI is InChI=1S/C13H10N2O/c14-8-6-11-7-9-15-13(16)12(11)10-4-2-1-3-5-10/h1-5,7,9H,6H2,(H,15,16). The van der Waals surface area contributed by atoms with Crippen molar-refractivity contribution in [3.05, 3.63) is 58.5 Å². The highest BCUT2D eigenvalue weighted by Crippen LogP contribution is 2.19. The van der Waals surface area contributed by atoms with Gasteiger partial charge in [-0.3, -0.25) is 4.79 Å². The van der Waals surface area contributed by atoms with Crippen LogP contribution in [0.1, 0.15) is 5.56 Å². The van der Waals surface area contributed by atoms with E-state index < -0.39 is 0 Å². The summed E-state index contributed by atoms with van der Waals surface area (Å²) in [7, 11) is 0. The fourth-order valence-electron chi connectivity index (χ4n) is 1.67. The molecule has 0 fully saturated rings. The Bertz CT molecular complexity index is 579. The van der Waals surface area contributed by atoms with Crippen molar-refractivity contribution in [2.24, 2.45) is 0 Å². The number of nitriles is 1. The molecule has 0 unspecified atom stereocenters. The molecule has 2 rings (SSSR count). The van der Waals surface area contributed by atoms with Crippen molar-refractivity contribution in [2.75, 3.05) is 0 Å². The molecule has 0 amide bonds. The maximum Gasteiger partial charge on any atom is 0.256 e. The molecule has 1 aromatic carbocycles. The Labute approximate surface area is 93.0 Å². The highest BCUT2D eigenvalue weighted by Gasteiger charge is 2.08. The number of nitrogens with zero attached hydrogens (tertiary/aromatic N) is 1. The quantitative estimate of drug-likeness (QED) is 0.825.